The van der Waals surface area contributed by atoms with E-state index in [4.69, 9.17) is 12.2 Å². The fourth-order valence-electron chi connectivity index (χ4n) is 4.21. The Morgan fingerprint density at radius 3 is 2.47 bits per heavy atom. The van der Waals surface area contributed by atoms with Gasteiger partial charge < -0.3 is 4.90 Å². The highest BCUT2D eigenvalue weighted by molar-refractivity contribution is 8.26. The predicted molar refractivity (Wildman–Crippen MR) is 135 cm³/mol. The van der Waals surface area contributed by atoms with Crippen LogP contribution in [0.2, 0.25) is 0 Å². The normalized spacial score (nSPS) is 18.6. The van der Waals surface area contributed by atoms with Crippen LogP contribution in [0.1, 0.15) is 36.0 Å². The first-order chi connectivity index (χ1) is 15.5. The maximum atomic E-state index is 12.8. The van der Waals surface area contributed by atoms with Gasteiger partial charge in [0.05, 0.1) is 4.91 Å². The van der Waals surface area contributed by atoms with Gasteiger partial charge in [-0.25, -0.2) is 0 Å². The lowest BCUT2D eigenvalue weighted by Crippen LogP contribution is -2.41. The minimum Gasteiger partial charge on any atom is -0.343 e. The van der Waals surface area contributed by atoms with E-state index in [1.165, 1.54) is 22.9 Å². The summed E-state index contributed by atoms with van der Waals surface area (Å²) in [4.78, 5) is 29.7. The average molecular weight is 465 g/mol. The number of rotatable bonds is 6. The van der Waals surface area contributed by atoms with Crippen LogP contribution < -0.4 is 0 Å². The van der Waals surface area contributed by atoms with E-state index in [1.807, 2.05) is 48.2 Å². The molecule has 2 heterocycles. The molecular formula is C26H28N2O2S2. The number of thioether (sulfide) groups is 1. The number of likely N-dealkylation sites (tertiary alicyclic amines) is 1. The molecule has 0 unspecified atom stereocenters. The van der Waals surface area contributed by atoms with Crippen LogP contribution >= 0.6 is 24.0 Å². The van der Waals surface area contributed by atoms with Crippen molar-refractivity contribution in [3.63, 3.8) is 0 Å². The standard InChI is InChI=1S/C26H28N2O2S2/c1-19-7-9-21(10-8-19)18-23-25(30)28(26(31)32-23)16-13-24(29)27-14-11-22(12-15-27)17-20-5-3-2-4-6-20/h2-10,18,22H,11-17H2,1H3/b23-18-. The van der Waals surface area contributed by atoms with E-state index < -0.39 is 0 Å². The van der Waals surface area contributed by atoms with Gasteiger partial charge in [0.2, 0.25) is 5.91 Å². The van der Waals surface area contributed by atoms with Gasteiger partial charge in [-0.05, 0) is 49.3 Å². The Morgan fingerprint density at radius 1 is 1.09 bits per heavy atom. The molecule has 6 heteroatoms. The van der Waals surface area contributed by atoms with Crippen LogP contribution in [-0.2, 0) is 16.0 Å². The quantitative estimate of drug-likeness (QED) is 0.442. The van der Waals surface area contributed by atoms with E-state index in [-0.39, 0.29) is 11.8 Å². The van der Waals surface area contributed by atoms with Crippen LogP contribution in [0.3, 0.4) is 0 Å². The van der Waals surface area contributed by atoms with Crippen LogP contribution in [0.25, 0.3) is 6.08 Å². The number of thiocarbonyl (C=S) groups is 1. The van der Waals surface area contributed by atoms with Gasteiger partial charge in [-0.2, -0.15) is 0 Å². The lowest BCUT2D eigenvalue weighted by molar-refractivity contribution is -0.133. The van der Waals surface area contributed by atoms with E-state index in [0.29, 0.717) is 28.1 Å². The Morgan fingerprint density at radius 2 is 1.78 bits per heavy atom. The summed E-state index contributed by atoms with van der Waals surface area (Å²) in [7, 11) is 0. The first-order valence-electron chi connectivity index (χ1n) is 11.1. The molecule has 32 heavy (non-hydrogen) atoms. The molecule has 0 saturated carbocycles. The molecule has 2 amide bonds. The molecule has 0 aliphatic carbocycles. The maximum Gasteiger partial charge on any atom is 0.266 e. The SMILES string of the molecule is Cc1ccc(/C=C2\SC(=S)N(CCC(=O)N3CCC(Cc4ccccc4)CC3)C2=O)cc1. The molecule has 2 aliphatic heterocycles. The molecule has 2 aromatic carbocycles. The number of aryl methyl sites for hydroxylation is 1. The topological polar surface area (TPSA) is 40.6 Å². The fraction of sp³-hybridized carbons (Fsp3) is 0.346. The zero-order chi connectivity index (χ0) is 22.5. The highest BCUT2D eigenvalue weighted by Gasteiger charge is 2.33. The van der Waals surface area contributed by atoms with Gasteiger partial charge in [0.1, 0.15) is 4.32 Å². The molecule has 0 spiro atoms. The third kappa shape index (κ3) is 5.67. The smallest absolute Gasteiger partial charge is 0.266 e. The lowest BCUT2D eigenvalue weighted by atomic mass is 9.90. The van der Waals surface area contributed by atoms with E-state index in [0.717, 1.165) is 37.9 Å². The number of amides is 2. The summed E-state index contributed by atoms with van der Waals surface area (Å²) in [6, 6.07) is 18.6. The number of benzene rings is 2. The second kappa shape index (κ2) is 10.5. The zero-order valence-electron chi connectivity index (χ0n) is 18.3. The van der Waals surface area contributed by atoms with Crippen molar-refractivity contribution in [1.29, 1.82) is 0 Å². The summed E-state index contributed by atoms with van der Waals surface area (Å²) in [6.07, 6.45) is 5.32. The Hall–Kier alpha value is -2.44. The van der Waals surface area contributed by atoms with Gasteiger partial charge in [-0.1, -0.05) is 84.1 Å². The number of carbonyl (C=O) groups is 2. The van der Waals surface area contributed by atoms with Gasteiger partial charge in [-0.15, -0.1) is 0 Å². The number of carbonyl (C=O) groups excluding carboxylic acids is 2. The number of hydrogen-bond acceptors (Lipinski definition) is 4. The molecule has 166 valence electrons. The van der Waals surface area contributed by atoms with Gasteiger partial charge in [-0.3, -0.25) is 14.5 Å². The molecule has 4 rings (SSSR count). The van der Waals surface area contributed by atoms with E-state index >= 15 is 0 Å². The molecule has 0 radical (unpaired) electrons. The summed E-state index contributed by atoms with van der Waals surface area (Å²) < 4.78 is 0.530. The van der Waals surface area contributed by atoms with E-state index in [1.54, 1.807) is 4.90 Å². The third-order valence-corrected chi connectivity index (χ3v) is 7.51. The van der Waals surface area contributed by atoms with Crippen molar-refractivity contribution >= 4 is 46.2 Å². The lowest BCUT2D eigenvalue weighted by Gasteiger charge is -2.32. The van der Waals surface area contributed by atoms with Crippen LogP contribution in [0, 0.1) is 12.8 Å². The minimum absolute atomic E-state index is 0.102. The van der Waals surface area contributed by atoms with Crippen molar-refractivity contribution in [3.05, 3.63) is 76.2 Å². The van der Waals surface area contributed by atoms with Crippen LogP contribution in [-0.4, -0.2) is 45.6 Å². The first kappa shape index (κ1) is 22.7. The summed E-state index contributed by atoms with van der Waals surface area (Å²) in [5, 5.41) is 0. The summed E-state index contributed by atoms with van der Waals surface area (Å²) in [5.74, 6) is 0.634. The molecular weight excluding hydrogens is 436 g/mol. The fourth-order valence-corrected chi connectivity index (χ4v) is 5.51. The van der Waals surface area contributed by atoms with Crippen LogP contribution in [0.15, 0.2) is 59.5 Å². The third-order valence-electron chi connectivity index (χ3n) is 6.13. The van der Waals surface area contributed by atoms with Gasteiger partial charge in [0.25, 0.3) is 5.91 Å². The van der Waals surface area contributed by atoms with Crippen molar-refractivity contribution in [2.24, 2.45) is 5.92 Å². The zero-order valence-corrected chi connectivity index (χ0v) is 20.0. The van der Waals surface area contributed by atoms with Gasteiger partial charge in [0.15, 0.2) is 0 Å². The molecule has 0 aromatic heterocycles. The molecule has 2 saturated heterocycles. The van der Waals surface area contributed by atoms with Crippen molar-refractivity contribution < 1.29 is 9.59 Å². The highest BCUT2D eigenvalue weighted by Crippen LogP contribution is 2.33. The van der Waals surface area contributed by atoms with Crippen LogP contribution in [0.4, 0.5) is 0 Å². The van der Waals surface area contributed by atoms with Gasteiger partial charge >= 0.3 is 0 Å². The predicted octanol–water partition coefficient (Wildman–Crippen LogP) is 5.07. The molecule has 2 aromatic rings. The Kier molecular flexibility index (Phi) is 7.43. The van der Waals surface area contributed by atoms with E-state index in [9.17, 15) is 9.59 Å². The van der Waals surface area contributed by atoms with Crippen molar-refractivity contribution in [2.75, 3.05) is 19.6 Å². The number of piperidine rings is 1. The Bertz CT molecular complexity index is 1010. The summed E-state index contributed by atoms with van der Waals surface area (Å²) in [5.41, 5.74) is 3.52. The molecule has 2 aliphatic rings. The summed E-state index contributed by atoms with van der Waals surface area (Å²) in [6.45, 7) is 3.97. The minimum atomic E-state index is -0.102. The summed E-state index contributed by atoms with van der Waals surface area (Å²) >= 11 is 6.73. The molecule has 0 atom stereocenters. The highest BCUT2D eigenvalue weighted by atomic mass is 32.2. The second-order valence-corrected chi connectivity index (χ2v) is 10.2. The Labute approximate surface area is 199 Å². The largest absolute Gasteiger partial charge is 0.343 e. The van der Waals surface area contributed by atoms with Crippen LogP contribution in [0.5, 0.6) is 0 Å². The molecule has 0 N–H and O–H groups in total. The van der Waals surface area contributed by atoms with Crippen molar-refractivity contribution in [1.82, 2.24) is 9.80 Å². The molecule has 4 nitrogen and oxygen atoms in total. The van der Waals surface area contributed by atoms with Crippen molar-refractivity contribution in [3.8, 4) is 0 Å². The number of hydrogen-bond donors (Lipinski definition) is 0. The number of nitrogens with zero attached hydrogens (tertiary/aromatic N) is 2. The average Bonchev–Trinajstić information content (AvgIpc) is 3.07. The monoisotopic (exact) mass is 464 g/mol. The maximum absolute atomic E-state index is 12.8. The van der Waals surface area contributed by atoms with Gasteiger partial charge in [0, 0.05) is 26.1 Å². The Balaban J connectivity index is 1.26. The van der Waals surface area contributed by atoms with Crippen molar-refractivity contribution in [2.45, 2.75) is 32.6 Å². The molecule has 0 bridgehead atoms. The molecule has 2 fully saturated rings. The first-order valence-corrected chi connectivity index (χ1v) is 12.4. The second-order valence-electron chi connectivity index (χ2n) is 8.51. The van der Waals surface area contributed by atoms with E-state index in [2.05, 4.69) is 24.3 Å².